The minimum absolute atomic E-state index is 0.230. The van der Waals surface area contributed by atoms with Crippen LogP contribution in [-0.2, 0) is 14.1 Å². The van der Waals surface area contributed by atoms with Crippen LogP contribution in [0.2, 0.25) is 0 Å². The second-order valence-corrected chi connectivity index (χ2v) is 7.53. The summed E-state index contributed by atoms with van der Waals surface area (Å²) in [5.74, 6) is -0.461. The monoisotopic (exact) mass is 458 g/mol. The maximum atomic E-state index is 13.9. The van der Waals surface area contributed by atoms with E-state index in [0.29, 0.717) is 0 Å². The molecule has 0 atom stereocenters. The van der Waals surface area contributed by atoms with Crippen LogP contribution >= 0.6 is 0 Å². The molecular weight excluding hydrogens is 426 g/mol. The molecule has 6 rings (SSSR count). The van der Waals surface area contributed by atoms with Gasteiger partial charge in [-0.05, 0) is 71.4 Å². The second kappa shape index (κ2) is 10.1. The molecule has 0 fully saturated rings. The largest absolute Gasteiger partial charge is 0.344 e. The molecule has 0 bridgehead atoms. The van der Waals surface area contributed by atoms with E-state index in [1.165, 1.54) is 12.1 Å². The van der Waals surface area contributed by atoms with Crippen LogP contribution in [0.5, 0.6) is 0 Å². The number of fused-ring (bicyclic) bond motifs is 7. The molecule has 176 valence electrons. The lowest BCUT2D eigenvalue weighted by Crippen LogP contribution is -1.88. The summed E-state index contributed by atoms with van der Waals surface area (Å²) in [5.41, 5.74) is 4.12. The minimum Gasteiger partial charge on any atom is -0.344 e. The lowest BCUT2D eigenvalue weighted by Gasteiger charge is -2.04. The number of aryl methyl sites for hydroxylation is 2. The zero-order valence-electron chi connectivity index (χ0n) is 20.8. The molecule has 2 nitrogen and oxygen atoms in total. The van der Waals surface area contributed by atoms with E-state index in [4.69, 9.17) is 0 Å². The third-order valence-electron chi connectivity index (χ3n) is 6.01. The van der Waals surface area contributed by atoms with Crippen LogP contribution in [-0.4, -0.2) is 9.13 Å². The zero-order valence-corrected chi connectivity index (χ0v) is 20.8. The molecule has 0 spiro atoms. The summed E-state index contributed by atoms with van der Waals surface area (Å²) in [5, 5.41) is 6.07. The lowest BCUT2D eigenvalue weighted by atomic mass is 10.0. The quantitative estimate of drug-likeness (QED) is 0.201. The molecule has 0 aliphatic heterocycles. The summed E-state index contributed by atoms with van der Waals surface area (Å²) in [6, 6.07) is 18.4. The highest BCUT2D eigenvalue weighted by Gasteiger charge is 2.14. The Balaban J connectivity index is 0.000000503. The molecule has 2 heterocycles. The summed E-state index contributed by atoms with van der Waals surface area (Å²) in [4.78, 5) is 0. The average Bonchev–Trinajstić information content (AvgIpc) is 3.30. The first-order valence-corrected chi connectivity index (χ1v) is 11.7. The molecule has 34 heavy (non-hydrogen) atoms. The fourth-order valence-corrected chi connectivity index (χ4v) is 4.60. The molecule has 0 amide bonds. The number of rotatable bonds is 0. The molecule has 2 aromatic heterocycles. The molecule has 6 aromatic rings. The Morgan fingerprint density at radius 3 is 1.18 bits per heavy atom. The highest BCUT2D eigenvalue weighted by atomic mass is 19.1. The first kappa shape index (κ1) is 25.0. The SMILES string of the molecule is C=C.CC.CC.Cn1c2ccc(F)cc2c2cc3cc4c(cc3cc21)c1cc(F)ccc1n4C. The van der Waals surface area contributed by atoms with Gasteiger partial charge in [0.05, 0.1) is 0 Å². The highest BCUT2D eigenvalue weighted by molar-refractivity contribution is 6.17. The van der Waals surface area contributed by atoms with Gasteiger partial charge in [-0.25, -0.2) is 8.78 Å². The van der Waals surface area contributed by atoms with Crippen molar-refractivity contribution in [3.05, 3.63) is 85.5 Å². The fourth-order valence-electron chi connectivity index (χ4n) is 4.60. The summed E-state index contributed by atoms with van der Waals surface area (Å²) in [6.07, 6.45) is 0. The number of hydrogen-bond acceptors (Lipinski definition) is 0. The van der Waals surface area contributed by atoms with Gasteiger partial charge in [-0.3, -0.25) is 0 Å². The van der Waals surface area contributed by atoms with Gasteiger partial charge in [0.25, 0.3) is 0 Å². The molecule has 4 aromatic carbocycles. The van der Waals surface area contributed by atoms with E-state index in [-0.39, 0.29) is 11.6 Å². The lowest BCUT2D eigenvalue weighted by molar-refractivity contribution is 0.629. The molecule has 0 aliphatic rings. The van der Waals surface area contributed by atoms with Gasteiger partial charge >= 0.3 is 0 Å². The molecule has 0 aliphatic carbocycles. The molecule has 0 saturated carbocycles. The van der Waals surface area contributed by atoms with Crippen molar-refractivity contribution >= 4 is 54.4 Å². The van der Waals surface area contributed by atoms with Crippen molar-refractivity contribution in [3.8, 4) is 0 Å². The third kappa shape index (κ3) is 3.83. The molecular formula is C30H32F2N2. The van der Waals surface area contributed by atoms with Crippen molar-refractivity contribution in [2.24, 2.45) is 14.1 Å². The minimum atomic E-state index is -0.230. The third-order valence-corrected chi connectivity index (χ3v) is 6.01. The smallest absolute Gasteiger partial charge is 0.123 e. The van der Waals surface area contributed by atoms with E-state index in [1.807, 2.05) is 53.9 Å². The molecule has 0 radical (unpaired) electrons. The topological polar surface area (TPSA) is 9.86 Å². The second-order valence-electron chi connectivity index (χ2n) is 7.53. The van der Waals surface area contributed by atoms with Gasteiger partial charge in [-0.15, -0.1) is 13.2 Å². The van der Waals surface area contributed by atoms with Crippen LogP contribution < -0.4 is 0 Å². The molecule has 0 N–H and O–H groups in total. The van der Waals surface area contributed by atoms with Crippen LogP contribution in [0.4, 0.5) is 8.78 Å². The normalized spacial score (nSPS) is 10.6. The summed E-state index contributed by atoms with van der Waals surface area (Å²) < 4.78 is 31.9. The van der Waals surface area contributed by atoms with E-state index in [2.05, 4.69) is 46.6 Å². The standard InChI is InChI=1S/C24H16F2N2.2C2H6.C2H4/c1-27-21-5-3-15(25)11-19(21)17-7-14-10-24-18(8-13(14)9-23(17)27)20-12-16(26)4-6-22(20)28(24)2;3*1-2/h3-12H,1-2H3;2*1-2H3;1-2H2. The van der Waals surface area contributed by atoms with Crippen LogP contribution in [0.1, 0.15) is 27.7 Å². The average molecular weight is 459 g/mol. The van der Waals surface area contributed by atoms with Crippen LogP contribution in [0.3, 0.4) is 0 Å². The van der Waals surface area contributed by atoms with Gasteiger partial charge in [0.1, 0.15) is 11.6 Å². The van der Waals surface area contributed by atoms with E-state index in [9.17, 15) is 8.78 Å². The van der Waals surface area contributed by atoms with Crippen molar-refractivity contribution in [1.29, 1.82) is 0 Å². The summed E-state index contributed by atoms with van der Waals surface area (Å²) in [6.45, 7) is 14.0. The van der Waals surface area contributed by atoms with Gasteiger partial charge in [-0.1, -0.05) is 27.7 Å². The van der Waals surface area contributed by atoms with Crippen LogP contribution in [0.25, 0.3) is 54.4 Å². The maximum Gasteiger partial charge on any atom is 0.123 e. The summed E-state index contributed by atoms with van der Waals surface area (Å²) in [7, 11) is 4.00. The number of benzene rings is 4. The Hall–Kier alpha value is -3.66. The maximum absolute atomic E-state index is 13.9. The van der Waals surface area contributed by atoms with Gasteiger partial charge in [0, 0.05) is 57.7 Å². The Morgan fingerprint density at radius 1 is 0.500 bits per heavy atom. The van der Waals surface area contributed by atoms with Gasteiger partial charge in [-0.2, -0.15) is 0 Å². The highest BCUT2D eigenvalue weighted by Crippen LogP contribution is 2.36. The zero-order chi connectivity index (χ0) is 25.2. The van der Waals surface area contributed by atoms with Gasteiger partial charge in [0.2, 0.25) is 0 Å². The van der Waals surface area contributed by atoms with Crippen molar-refractivity contribution in [1.82, 2.24) is 9.13 Å². The number of halogens is 2. The Morgan fingerprint density at radius 2 is 0.824 bits per heavy atom. The van der Waals surface area contributed by atoms with Crippen molar-refractivity contribution in [2.75, 3.05) is 0 Å². The van der Waals surface area contributed by atoms with E-state index < -0.39 is 0 Å². The first-order chi connectivity index (χ1) is 16.5. The van der Waals surface area contributed by atoms with E-state index >= 15 is 0 Å². The summed E-state index contributed by atoms with van der Waals surface area (Å²) >= 11 is 0. The molecule has 4 heteroatoms. The number of aromatic nitrogens is 2. The number of hydrogen-bond donors (Lipinski definition) is 0. The van der Waals surface area contributed by atoms with Gasteiger partial charge in [0.15, 0.2) is 0 Å². The Labute approximate surface area is 199 Å². The Bertz CT molecular complexity index is 1500. The van der Waals surface area contributed by atoms with Crippen molar-refractivity contribution in [2.45, 2.75) is 27.7 Å². The van der Waals surface area contributed by atoms with Crippen molar-refractivity contribution < 1.29 is 8.78 Å². The van der Waals surface area contributed by atoms with Gasteiger partial charge < -0.3 is 9.13 Å². The van der Waals surface area contributed by atoms with E-state index in [1.54, 1.807) is 12.1 Å². The van der Waals surface area contributed by atoms with Crippen LogP contribution in [0.15, 0.2) is 73.8 Å². The molecule has 0 unspecified atom stereocenters. The van der Waals surface area contributed by atoms with Crippen LogP contribution in [0, 0.1) is 11.6 Å². The van der Waals surface area contributed by atoms with Crippen molar-refractivity contribution in [3.63, 3.8) is 0 Å². The van der Waals surface area contributed by atoms with E-state index in [0.717, 1.165) is 54.4 Å². The predicted octanol–water partition coefficient (Wildman–Crippen LogP) is 9.26. The first-order valence-electron chi connectivity index (χ1n) is 11.7. The fraction of sp³-hybridized carbons (Fsp3) is 0.200. The predicted molar refractivity (Wildman–Crippen MR) is 146 cm³/mol. The molecule has 0 saturated heterocycles. The Kier molecular flexibility index (Phi) is 7.41. The number of nitrogens with zero attached hydrogens (tertiary/aromatic N) is 2.